The Morgan fingerprint density at radius 2 is 1.43 bits per heavy atom. The van der Waals surface area contributed by atoms with Gasteiger partial charge in [0.2, 0.25) is 0 Å². The van der Waals surface area contributed by atoms with Gasteiger partial charge in [0.1, 0.15) is 0 Å². The summed E-state index contributed by atoms with van der Waals surface area (Å²) in [7, 11) is 1.39. The average Bonchev–Trinajstić information content (AvgIpc) is 2.43. The number of hydrogen-bond acceptors (Lipinski definition) is 8. The van der Waals surface area contributed by atoms with E-state index in [0.29, 0.717) is 0 Å². The first-order chi connectivity index (χ1) is 10.7. The Bertz CT molecular complexity index is 481. The molecule has 0 aromatic rings. The SMILES string of the molecule is CNC(=O)N[C@@H]1OC[C@@H](OC(C)=O)[C@H](OC(C)=O)[C@H]1OC(C)=O. The topological polar surface area (TPSA) is 129 Å². The van der Waals surface area contributed by atoms with Gasteiger partial charge >= 0.3 is 23.9 Å². The smallest absolute Gasteiger partial charge is 0.316 e. The van der Waals surface area contributed by atoms with E-state index in [0.717, 1.165) is 13.8 Å². The van der Waals surface area contributed by atoms with E-state index >= 15 is 0 Å². The number of hydrogen-bond donors (Lipinski definition) is 2. The van der Waals surface area contributed by atoms with Gasteiger partial charge in [-0.05, 0) is 0 Å². The fourth-order valence-corrected chi connectivity index (χ4v) is 2.07. The summed E-state index contributed by atoms with van der Waals surface area (Å²) in [5.41, 5.74) is 0. The molecule has 1 aliphatic heterocycles. The first-order valence-electron chi connectivity index (χ1n) is 6.86. The van der Waals surface area contributed by atoms with Crippen molar-refractivity contribution < 1.29 is 38.1 Å². The Morgan fingerprint density at radius 1 is 0.913 bits per heavy atom. The van der Waals surface area contributed by atoms with E-state index in [9.17, 15) is 19.2 Å². The van der Waals surface area contributed by atoms with Gasteiger partial charge in [-0.1, -0.05) is 0 Å². The van der Waals surface area contributed by atoms with Crippen LogP contribution in [0.25, 0.3) is 0 Å². The summed E-state index contributed by atoms with van der Waals surface area (Å²) in [6, 6.07) is -0.584. The first kappa shape index (κ1) is 18.7. The standard InChI is InChI=1S/C13H20N2O8/c1-6(16)21-9-5-20-12(15-13(19)14-4)11(23-8(3)18)10(9)22-7(2)17/h9-12H,5H2,1-4H3,(H2,14,15,19)/t9-,10+,11-,12-/m1/s1. The molecule has 1 fully saturated rings. The van der Waals surface area contributed by atoms with Gasteiger partial charge in [-0.15, -0.1) is 0 Å². The fraction of sp³-hybridized carbons (Fsp3) is 0.692. The molecule has 0 spiro atoms. The molecule has 4 atom stereocenters. The zero-order chi connectivity index (χ0) is 17.6. The molecule has 10 heteroatoms. The molecule has 0 unspecified atom stereocenters. The predicted octanol–water partition coefficient (Wildman–Crippen LogP) is -0.933. The van der Waals surface area contributed by atoms with Crippen LogP contribution in [0.1, 0.15) is 20.8 Å². The van der Waals surface area contributed by atoms with Gasteiger partial charge in [0, 0.05) is 27.8 Å². The number of esters is 3. The maximum atomic E-state index is 11.5. The maximum absolute atomic E-state index is 11.5. The number of rotatable bonds is 4. The van der Waals surface area contributed by atoms with Crippen LogP contribution in [0.15, 0.2) is 0 Å². The second kappa shape index (κ2) is 8.32. The minimum Gasteiger partial charge on any atom is -0.456 e. The molecule has 2 N–H and O–H groups in total. The Balaban J connectivity index is 3.03. The predicted molar refractivity (Wildman–Crippen MR) is 74.0 cm³/mol. The highest BCUT2D eigenvalue weighted by Crippen LogP contribution is 2.23. The highest BCUT2D eigenvalue weighted by atomic mass is 16.6. The highest BCUT2D eigenvalue weighted by Gasteiger charge is 2.47. The lowest BCUT2D eigenvalue weighted by Gasteiger charge is -2.40. The van der Waals surface area contributed by atoms with E-state index in [4.69, 9.17) is 18.9 Å². The van der Waals surface area contributed by atoms with E-state index < -0.39 is 48.5 Å². The van der Waals surface area contributed by atoms with Gasteiger partial charge < -0.3 is 29.6 Å². The van der Waals surface area contributed by atoms with Crippen molar-refractivity contribution in [1.82, 2.24) is 10.6 Å². The zero-order valence-corrected chi connectivity index (χ0v) is 13.3. The molecule has 0 bridgehead atoms. The molecule has 23 heavy (non-hydrogen) atoms. The summed E-state index contributed by atoms with van der Waals surface area (Å²) >= 11 is 0. The summed E-state index contributed by atoms with van der Waals surface area (Å²) < 4.78 is 20.6. The average molecular weight is 332 g/mol. The minimum atomic E-state index is -1.17. The third-order valence-electron chi connectivity index (χ3n) is 2.85. The van der Waals surface area contributed by atoms with Crippen molar-refractivity contribution in [3.05, 3.63) is 0 Å². The van der Waals surface area contributed by atoms with Crippen LogP contribution < -0.4 is 10.6 Å². The molecule has 2 amide bonds. The molecule has 130 valence electrons. The number of ether oxygens (including phenoxy) is 4. The largest absolute Gasteiger partial charge is 0.456 e. The van der Waals surface area contributed by atoms with E-state index in [1.54, 1.807) is 0 Å². The van der Waals surface area contributed by atoms with Crippen molar-refractivity contribution in [3.63, 3.8) is 0 Å². The van der Waals surface area contributed by atoms with Gasteiger partial charge in [-0.3, -0.25) is 14.4 Å². The first-order valence-corrected chi connectivity index (χ1v) is 6.86. The maximum Gasteiger partial charge on any atom is 0.316 e. The van der Waals surface area contributed by atoms with E-state index in [2.05, 4.69) is 10.6 Å². The minimum absolute atomic E-state index is 0.149. The number of carbonyl (C=O) groups excluding carboxylic acids is 4. The molecule has 0 aromatic carbocycles. The summed E-state index contributed by atoms with van der Waals surface area (Å²) in [6.07, 6.45) is -4.33. The third kappa shape index (κ3) is 5.74. The molecule has 0 aliphatic carbocycles. The Hall–Kier alpha value is -2.36. The van der Waals surface area contributed by atoms with Crippen LogP contribution in [0.2, 0.25) is 0 Å². The van der Waals surface area contributed by atoms with Crippen LogP contribution in [0.4, 0.5) is 4.79 Å². The van der Waals surface area contributed by atoms with Crippen molar-refractivity contribution in [1.29, 1.82) is 0 Å². The number of amides is 2. The Labute approximate surface area is 132 Å². The highest BCUT2D eigenvalue weighted by molar-refractivity contribution is 5.74. The number of urea groups is 1. The molecule has 1 aliphatic rings. The van der Waals surface area contributed by atoms with Crippen LogP contribution in [-0.2, 0) is 33.3 Å². The summed E-state index contributed by atoms with van der Waals surface area (Å²) in [5.74, 6) is -1.96. The van der Waals surface area contributed by atoms with Crippen molar-refractivity contribution in [2.45, 2.75) is 45.3 Å². The van der Waals surface area contributed by atoms with Gasteiger partial charge in [-0.2, -0.15) is 0 Å². The molecular formula is C13H20N2O8. The van der Waals surface area contributed by atoms with Crippen LogP contribution in [0.3, 0.4) is 0 Å². The monoisotopic (exact) mass is 332 g/mol. The molecule has 1 heterocycles. The van der Waals surface area contributed by atoms with Crippen molar-refractivity contribution >= 4 is 23.9 Å². The summed E-state index contributed by atoms with van der Waals surface area (Å²) in [5, 5.41) is 4.74. The van der Waals surface area contributed by atoms with Gasteiger partial charge in [0.05, 0.1) is 6.61 Å². The Morgan fingerprint density at radius 3 is 1.91 bits per heavy atom. The van der Waals surface area contributed by atoms with E-state index in [-0.39, 0.29) is 6.61 Å². The molecule has 0 radical (unpaired) electrons. The zero-order valence-electron chi connectivity index (χ0n) is 13.3. The van der Waals surface area contributed by atoms with Crippen LogP contribution in [0, 0.1) is 0 Å². The van der Waals surface area contributed by atoms with E-state index in [1.807, 2.05) is 0 Å². The van der Waals surface area contributed by atoms with Crippen LogP contribution >= 0.6 is 0 Å². The van der Waals surface area contributed by atoms with Crippen molar-refractivity contribution in [3.8, 4) is 0 Å². The Kier molecular flexibility index (Phi) is 6.76. The molecule has 0 aromatic heterocycles. The van der Waals surface area contributed by atoms with Gasteiger partial charge in [0.15, 0.2) is 24.5 Å². The second-order valence-corrected chi connectivity index (χ2v) is 4.77. The molecule has 1 rings (SSSR count). The van der Waals surface area contributed by atoms with E-state index in [1.165, 1.54) is 14.0 Å². The third-order valence-corrected chi connectivity index (χ3v) is 2.85. The summed E-state index contributed by atoms with van der Waals surface area (Å²) in [6.45, 7) is 3.34. The van der Waals surface area contributed by atoms with Crippen LogP contribution in [-0.4, -0.2) is 62.1 Å². The molecular weight excluding hydrogens is 312 g/mol. The molecule has 0 saturated carbocycles. The normalized spacial score (nSPS) is 26.6. The quantitative estimate of drug-likeness (QED) is 0.499. The number of carbonyl (C=O) groups is 4. The molecule has 10 nitrogen and oxygen atoms in total. The van der Waals surface area contributed by atoms with Gasteiger partial charge in [0.25, 0.3) is 0 Å². The van der Waals surface area contributed by atoms with Crippen molar-refractivity contribution in [2.24, 2.45) is 0 Å². The molecule has 1 saturated heterocycles. The number of nitrogens with one attached hydrogen (secondary N) is 2. The lowest BCUT2D eigenvalue weighted by atomic mass is 10.0. The van der Waals surface area contributed by atoms with Gasteiger partial charge in [-0.25, -0.2) is 4.79 Å². The van der Waals surface area contributed by atoms with Crippen molar-refractivity contribution in [2.75, 3.05) is 13.7 Å². The lowest BCUT2D eigenvalue weighted by Crippen LogP contribution is -2.62. The lowest BCUT2D eigenvalue weighted by molar-refractivity contribution is -0.228. The summed E-state index contributed by atoms with van der Waals surface area (Å²) in [4.78, 5) is 45.3. The second-order valence-electron chi connectivity index (χ2n) is 4.77. The van der Waals surface area contributed by atoms with Crippen LogP contribution in [0.5, 0.6) is 0 Å². The fourth-order valence-electron chi connectivity index (χ4n) is 2.07.